The summed E-state index contributed by atoms with van der Waals surface area (Å²) >= 11 is 0. The van der Waals surface area contributed by atoms with E-state index in [1.165, 1.54) is 5.56 Å². The zero-order valence-corrected chi connectivity index (χ0v) is 16.4. The van der Waals surface area contributed by atoms with Crippen LogP contribution in [0.15, 0.2) is 78.9 Å². The van der Waals surface area contributed by atoms with Crippen molar-refractivity contribution in [2.45, 2.75) is 13.8 Å². The lowest BCUT2D eigenvalue weighted by molar-refractivity contribution is 0.761. The highest BCUT2D eigenvalue weighted by Gasteiger charge is 2.14. The average molecular weight is 377 g/mol. The van der Waals surface area contributed by atoms with Gasteiger partial charge in [-0.25, -0.2) is 9.37 Å². The van der Waals surface area contributed by atoms with Gasteiger partial charge in [0.25, 0.3) is 0 Å². The molecule has 1 nitrogen and oxygen atoms in total. The Kier molecular flexibility index (Phi) is 4.13. The Hall–Kier alpha value is -3.52. The van der Waals surface area contributed by atoms with Crippen LogP contribution in [0.5, 0.6) is 0 Å². The predicted molar refractivity (Wildman–Crippen MR) is 122 cm³/mol. The Labute approximate surface area is 169 Å². The number of nitrogens with zero attached hydrogens (tertiary/aromatic N) is 1. The van der Waals surface area contributed by atoms with Crippen LogP contribution in [0.2, 0.25) is 0 Å². The largest absolute Gasteiger partial charge is 0.244 e. The highest BCUT2D eigenvalue weighted by atomic mass is 19.1. The van der Waals surface area contributed by atoms with Gasteiger partial charge in [0, 0.05) is 10.8 Å². The van der Waals surface area contributed by atoms with Crippen LogP contribution in [0.3, 0.4) is 0 Å². The van der Waals surface area contributed by atoms with Crippen LogP contribution in [0, 0.1) is 13.8 Å². The lowest BCUT2D eigenvalue weighted by Gasteiger charge is -2.11. The molecule has 0 radical (unpaired) electrons. The zero-order chi connectivity index (χ0) is 20.0. The quantitative estimate of drug-likeness (QED) is 0.288. The summed E-state index contributed by atoms with van der Waals surface area (Å²) in [4.78, 5) is 4.76. The molecule has 0 aliphatic carbocycles. The summed E-state index contributed by atoms with van der Waals surface area (Å²) in [7, 11) is 0. The molecule has 29 heavy (non-hydrogen) atoms. The number of halogens is 1. The summed E-state index contributed by atoms with van der Waals surface area (Å²) in [6.07, 6.45) is 1.58. The molecule has 4 aromatic carbocycles. The molecule has 0 aliphatic heterocycles. The van der Waals surface area contributed by atoms with Crippen molar-refractivity contribution in [2.75, 3.05) is 0 Å². The maximum atomic E-state index is 15.5. The topological polar surface area (TPSA) is 12.9 Å². The van der Waals surface area contributed by atoms with E-state index in [0.717, 1.165) is 43.6 Å². The lowest BCUT2D eigenvalue weighted by atomic mass is 9.99. The third-order valence-electron chi connectivity index (χ3n) is 5.43. The minimum atomic E-state index is -0.321. The Balaban J connectivity index is 1.75. The smallest absolute Gasteiger partial charge is 0.150 e. The molecule has 5 rings (SSSR count). The van der Waals surface area contributed by atoms with Gasteiger partial charge in [-0.2, -0.15) is 0 Å². The first-order chi connectivity index (χ1) is 14.1. The molecule has 0 aliphatic rings. The van der Waals surface area contributed by atoms with Crippen molar-refractivity contribution in [1.29, 1.82) is 0 Å². The highest BCUT2D eigenvalue weighted by Crippen LogP contribution is 2.33. The third kappa shape index (κ3) is 3.07. The first-order valence-electron chi connectivity index (χ1n) is 9.76. The molecule has 0 fully saturated rings. The minimum absolute atomic E-state index is 0.321. The van der Waals surface area contributed by atoms with Gasteiger partial charge in [-0.15, -0.1) is 0 Å². The van der Waals surface area contributed by atoms with Gasteiger partial charge in [0.05, 0.1) is 5.52 Å². The van der Waals surface area contributed by atoms with Crippen LogP contribution in [-0.4, -0.2) is 4.98 Å². The van der Waals surface area contributed by atoms with Crippen LogP contribution in [0.4, 0.5) is 4.39 Å². The van der Waals surface area contributed by atoms with Gasteiger partial charge in [0.2, 0.25) is 0 Å². The molecule has 0 amide bonds. The molecule has 2 heteroatoms. The zero-order valence-electron chi connectivity index (χ0n) is 16.4. The monoisotopic (exact) mass is 377 g/mol. The van der Waals surface area contributed by atoms with Gasteiger partial charge >= 0.3 is 0 Å². The van der Waals surface area contributed by atoms with Crippen molar-refractivity contribution in [2.24, 2.45) is 0 Å². The van der Waals surface area contributed by atoms with E-state index in [-0.39, 0.29) is 5.83 Å². The summed E-state index contributed by atoms with van der Waals surface area (Å²) in [5, 5.41) is 5.17. The number of fused-ring (bicyclic) bond motifs is 4. The molecular weight excluding hydrogens is 357 g/mol. The van der Waals surface area contributed by atoms with E-state index in [1.54, 1.807) is 6.08 Å². The van der Waals surface area contributed by atoms with E-state index in [9.17, 15) is 0 Å². The number of rotatable bonds is 2. The van der Waals surface area contributed by atoms with Gasteiger partial charge < -0.3 is 0 Å². The molecule has 0 N–H and O–H groups in total. The fourth-order valence-electron chi connectivity index (χ4n) is 4.10. The summed E-state index contributed by atoms with van der Waals surface area (Å²) in [5.41, 5.74) is 4.32. The number of hydrogen-bond donors (Lipinski definition) is 0. The summed E-state index contributed by atoms with van der Waals surface area (Å²) in [5.74, 6) is -0.321. The first kappa shape index (κ1) is 17.6. The highest BCUT2D eigenvalue weighted by molar-refractivity contribution is 6.10. The van der Waals surface area contributed by atoms with Gasteiger partial charge in [-0.1, -0.05) is 72.3 Å². The van der Waals surface area contributed by atoms with Crippen LogP contribution >= 0.6 is 0 Å². The van der Waals surface area contributed by atoms with Gasteiger partial charge in [0.1, 0.15) is 11.5 Å². The Morgan fingerprint density at radius 1 is 0.759 bits per heavy atom. The second-order valence-corrected chi connectivity index (χ2v) is 7.58. The number of pyridine rings is 1. The van der Waals surface area contributed by atoms with E-state index in [2.05, 4.69) is 25.1 Å². The molecule has 1 aromatic heterocycles. The van der Waals surface area contributed by atoms with Crippen molar-refractivity contribution < 1.29 is 4.39 Å². The van der Waals surface area contributed by atoms with Crippen molar-refractivity contribution in [3.63, 3.8) is 0 Å². The van der Waals surface area contributed by atoms with Gasteiger partial charge in [0.15, 0.2) is 0 Å². The molecule has 5 aromatic rings. The van der Waals surface area contributed by atoms with E-state index >= 15 is 4.39 Å². The number of hydrogen-bond acceptors (Lipinski definition) is 1. The van der Waals surface area contributed by atoms with Gasteiger partial charge in [-0.05, 0) is 59.3 Å². The van der Waals surface area contributed by atoms with E-state index in [4.69, 9.17) is 4.98 Å². The molecule has 140 valence electrons. The molecular formula is C27H20FN. The maximum Gasteiger partial charge on any atom is 0.150 e. The van der Waals surface area contributed by atoms with Gasteiger partial charge in [-0.3, -0.25) is 0 Å². The van der Waals surface area contributed by atoms with Crippen molar-refractivity contribution in [3.8, 4) is 0 Å². The Morgan fingerprint density at radius 3 is 2.31 bits per heavy atom. The Bertz CT molecular complexity index is 1430. The third-order valence-corrected chi connectivity index (χ3v) is 5.43. The minimum Gasteiger partial charge on any atom is -0.244 e. The summed E-state index contributed by atoms with van der Waals surface area (Å²) < 4.78 is 15.5. The SMILES string of the molecule is Cc1cc(C)c2nc(/C(F)=C/c3ccc4ccccc4c3)c3ccccc3c2c1. The molecule has 0 saturated heterocycles. The second-order valence-electron chi connectivity index (χ2n) is 7.58. The maximum absolute atomic E-state index is 15.5. The molecule has 1 heterocycles. The van der Waals surface area contributed by atoms with Crippen LogP contribution in [-0.2, 0) is 0 Å². The standard InChI is InChI=1S/C27H20FN/c1-17-13-18(2)26-24(14-17)22-9-5-6-10-23(22)27(29-26)25(28)16-19-11-12-20-7-3-4-8-21(20)15-19/h3-16H,1-2H3/b25-16-. The lowest BCUT2D eigenvalue weighted by Crippen LogP contribution is -1.94. The van der Waals surface area contributed by atoms with Crippen molar-refractivity contribution >= 4 is 44.4 Å². The molecule has 0 bridgehead atoms. The summed E-state index contributed by atoms with van der Waals surface area (Å²) in [6.45, 7) is 4.11. The number of benzene rings is 4. The molecule has 0 saturated carbocycles. The van der Waals surface area contributed by atoms with E-state index < -0.39 is 0 Å². The second kappa shape index (κ2) is 6.82. The first-order valence-corrected chi connectivity index (χ1v) is 9.76. The molecule has 0 spiro atoms. The Morgan fingerprint density at radius 2 is 1.48 bits per heavy atom. The number of aromatic nitrogens is 1. The van der Waals surface area contributed by atoms with E-state index in [0.29, 0.717) is 5.69 Å². The van der Waals surface area contributed by atoms with E-state index in [1.807, 2.05) is 67.6 Å². The van der Waals surface area contributed by atoms with Crippen molar-refractivity contribution in [3.05, 3.63) is 101 Å². The predicted octanol–water partition coefficient (Wildman–Crippen LogP) is 7.63. The normalized spacial score (nSPS) is 12.2. The van der Waals surface area contributed by atoms with Crippen LogP contribution in [0.1, 0.15) is 22.4 Å². The molecule has 0 unspecified atom stereocenters. The van der Waals surface area contributed by atoms with Crippen LogP contribution in [0.25, 0.3) is 44.4 Å². The number of aryl methyl sites for hydroxylation is 2. The summed E-state index contributed by atoms with van der Waals surface area (Å²) in [6, 6.07) is 26.2. The van der Waals surface area contributed by atoms with Crippen LogP contribution < -0.4 is 0 Å². The fourth-order valence-corrected chi connectivity index (χ4v) is 4.10. The molecule has 0 atom stereocenters. The fraction of sp³-hybridized carbons (Fsp3) is 0.0741. The van der Waals surface area contributed by atoms with Crippen molar-refractivity contribution in [1.82, 2.24) is 4.98 Å². The average Bonchev–Trinajstić information content (AvgIpc) is 2.73.